The van der Waals surface area contributed by atoms with E-state index >= 15 is 0 Å². The van der Waals surface area contributed by atoms with Crippen LogP contribution in [-0.2, 0) is 0 Å². The molecule has 0 fully saturated rings. The predicted octanol–water partition coefficient (Wildman–Crippen LogP) is 5.19. The third kappa shape index (κ3) is 2.93. The highest BCUT2D eigenvalue weighted by Crippen LogP contribution is 2.29. The van der Waals surface area contributed by atoms with Gasteiger partial charge in [-0.2, -0.15) is 0 Å². The summed E-state index contributed by atoms with van der Waals surface area (Å²) in [5.41, 5.74) is 4.09. The first-order valence-corrected chi connectivity index (χ1v) is 7.66. The number of aliphatic imine (C=N–C) groups is 1. The van der Waals surface area contributed by atoms with Crippen molar-refractivity contribution in [2.24, 2.45) is 4.99 Å². The lowest BCUT2D eigenvalue weighted by atomic mass is 10.1. The Hall–Kier alpha value is -2.42. The first kappa shape index (κ1) is 14.5. The first-order valence-electron chi connectivity index (χ1n) is 7.66. The normalized spacial score (nSPS) is 11.5. The van der Waals surface area contributed by atoms with Crippen LogP contribution in [0.15, 0.2) is 53.5 Å². The number of fused-ring (bicyclic) bond motifs is 1. The largest absolute Gasteiger partial charge is 0.354 e. The van der Waals surface area contributed by atoms with Crippen LogP contribution in [-0.4, -0.2) is 17.7 Å². The van der Waals surface area contributed by atoms with Crippen LogP contribution >= 0.6 is 0 Å². The van der Waals surface area contributed by atoms with Crippen molar-refractivity contribution in [2.45, 2.75) is 19.8 Å². The Morgan fingerprint density at radius 1 is 1.09 bits per heavy atom. The molecule has 1 N–H and O–H groups in total. The monoisotopic (exact) mass is 294 g/mol. The summed E-state index contributed by atoms with van der Waals surface area (Å²) in [4.78, 5) is 7.97. The topological polar surface area (TPSA) is 28.1 Å². The number of aromatic nitrogens is 1. The molecule has 3 aromatic rings. The second-order valence-electron chi connectivity index (χ2n) is 5.35. The minimum absolute atomic E-state index is 0.224. The fourth-order valence-electron chi connectivity index (χ4n) is 2.55. The molecule has 0 aliphatic carbocycles. The van der Waals surface area contributed by atoms with E-state index in [0.717, 1.165) is 47.1 Å². The number of rotatable bonds is 5. The van der Waals surface area contributed by atoms with Crippen molar-refractivity contribution in [3.8, 4) is 11.3 Å². The van der Waals surface area contributed by atoms with E-state index in [2.05, 4.69) is 23.0 Å². The molecule has 3 heteroatoms. The third-order valence-corrected chi connectivity index (χ3v) is 3.74. The van der Waals surface area contributed by atoms with E-state index in [4.69, 9.17) is 0 Å². The van der Waals surface area contributed by atoms with Crippen LogP contribution in [0.2, 0.25) is 0 Å². The van der Waals surface area contributed by atoms with Crippen molar-refractivity contribution >= 4 is 17.1 Å². The predicted molar refractivity (Wildman–Crippen MR) is 91.1 cm³/mol. The van der Waals surface area contributed by atoms with Crippen LogP contribution < -0.4 is 0 Å². The molecule has 2 aromatic carbocycles. The number of benzene rings is 2. The molecule has 0 bridgehead atoms. The lowest BCUT2D eigenvalue weighted by Gasteiger charge is -2.01. The second-order valence-corrected chi connectivity index (χ2v) is 5.35. The summed E-state index contributed by atoms with van der Waals surface area (Å²) in [5, 5.41) is 1.14. The highest BCUT2D eigenvalue weighted by Gasteiger charge is 2.11. The lowest BCUT2D eigenvalue weighted by molar-refractivity contribution is 0.628. The standard InChI is InChI=1S/C19H19FN2/c1-2-3-12-21-13-17-16-6-4-5-7-18(16)22-19(17)14-8-10-15(20)11-9-14/h4-11,13,22H,2-3,12H2,1H3. The quantitative estimate of drug-likeness (QED) is 0.495. The smallest absolute Gasteiger partial charge is 0.123 e. The molecule has 112 valence electrons. The molecule has 1 aromatic heterocycles. The van der Waals surface area contributed by atoms with E-state index in [-0.39, 0.29) is 5.82 Å². The zero-order chi connectivity index (χ0) is 15.4. The molecular weight excluding hydrogens is 275 g/mol. The summed E-state index contributed by atoms with van der Waals surface area (Å²) >= 11 is 0. The van der Waals surface area contributed by atoms with Gasteiger partial charge >= 0.3 is 0 Å². The maximum Gasteiger partial charge on any atom is 0.123 e. The Morgan fingerprint density at radius 2 is 1.86 bits per heavy atom. The molecule has 0 radical (unpaired) electrons. The van der Waals surface area contributed by atoms with E-state index in [1.54, 1.807) is 12.1 Å². The van der Waals surface area contributed by atoms with Gasteiger partial charge in [0.25, 0.3) is 0 Å². The van der Waals surface area contributed by atoms with Gasteiger partial charge < -0.3 is 4.98 Å². The first-order chi connectivity index (χ1) is 10.8. The maximum absolute atomic E-state index is 13.2. The second kappa shape index (κ2) is 6.56. The fraction of sp³-hybridized carbons (Fsp3) is 0.211. The van der Waals surface area contributed by atoms with Gasteiger partial charge in [-0.25, -0.2) is 4.39 Å². The summed E-state index contributed by atoms with van der Waals surface area (Å²) in [7, 11) is 0. The van der Waals surface area contributed by atoms with Crippen LogP contribution in [0.5, 0.6) is 0 Å². The molecular formula is C19H19FN2. The summed E-state index contributed by atoms with van der Waals surface area (Å²) in [6.07, 6.45) is 4.16. The Balaban J connectivity index is 2.08. The molecule has 0 saturated heterocycles. The van der Waals surface area contributed by atoms with Gasteiger partial charge in [-0.15, -0.1) is 0 Å². The van der Waals surface area contributed by atoms with Gasteiger partial charge in [-0.05, 0) is 42.3 Å². The number of halogens is 1. The van der Waals surface area contributed by atoms with Crippen LogP contribution in [0, 0.1) is 5.82 Å². The molecule has 0 unspecified atom stereocenters. The van der Waals surface area contributed by atoms with Crippen molar-refractivity contribution in [1.29, 1.82) is 0 Å². The van der Waals surface area contributed by atoms with Crippen molar-refractivity contribution in [2.75, 3.05) is 6.54 Å². The van der Waals surface area contributed by atoms with Gasteiger partial charge in [0.15, 0.2) is 0 Å². The van der Waals surface area contributed by atoms with Crippen LogP contribution in [0.1, 0.15) is 25.3 Å². The number of nitrogens with zero attached hydrogens (tertiary/aromatic N) is 1. The fourth-order valence-corrected chi connectivity index (χ4v) is 2.55. The zero-order valence-electron chi connectivity index (χ0n) is 12.6. The SMILES string of the molecule is CCCCN=Cc1c(-c2ccc(F)cc2)[nH]c2ccccc12. The number of aromatic amines is 1. The van der Waals surface area contributed by atoms with Gasteiger partial charge in [-0.3, -0.25) is 4.99 Å². The number of H-pyrrole nitrogens is 1. The van der Waals surface area contributed by atoms with Crippen molar-refractivity contribution in [3.63, 3.8) is 0 Å². The minimum atomic E-state index is -0.224. The molecule has 22 heavy (non-hydrogen) atoms. The molecule has 0 spiro atoms. The van der Waals surface area contributed by atoms with Gasteiger partial charge in [0, 0.05) is 29.2 Å². The van der Waals surface area contributed by atoms with E-state index in [1.807, 2.05) is 24.4 Å². The number of hydrogen-bond acceptors (Lipinski definition) is 1. The van der Waals surface area contributed by atoms with Crippen LogP contribution in [0.4, 0.5) is 4.39 Å². The highest BCUT2D eigenvalue weighted by atomic mass is 19.1. The average molecular weight is 294 g/mol. The summed E-state index contributed by atoms with van der Waals surface area (Å²) in [6, 6.07) is 14.7. The van der Waals surface area contributed by atoms with Crippen LogP contribution in [0.25, 0.3) is 22.2 Å². The maximum atomic E-state index is 13.2. The van der Waals surface area contributed by atoms with Crippen molar-refractivity contribution in [1.82, 2.24) is 4.98 Å². The van der Waals surface area contributed by atoms with Gasteiger partial charge in [0.1, 0.15) is 5.82 Å². The molecule has 2 nitrogen and oxygen atoms in total. The van der Waals surface area contributed by atoms with Gasteiger partial charge in [-0.1, -0.05) is 31.5 Å². The van der Waals surface area contributed by atoms with Crippen molar-refractivity contribution in [3.05, 3.63) is 59.9 Å². The Bertz CT molecular complexity index is 785. The Morgan fingerprint density at radius 3 is 2.64 bits per heavy atom. The molecule has 3 rings (SSSR count). The van der Waals surface area contributed by atoms with E-state index in [1.165, 1.54) is 12.1 Å². The summed E-state index contributed by atoms with van der Waals surface area (Å²) in [5.74, 6) is -0.224. The number of para-hydroxylation sites is 1. The molecule has 0 aliphatic heterocycles. The zero-order valence-corrected chi connectivity index (χ0v) is 12.6. The molecule has 0 atom stereocenters. The Labute approximate surface area is 129 Å². The molecule has 0 amide bonds. The third-order valence-electron chi connectivity index (χ3n) is 3.74. The van der Waals surface area contributed by atoms with Crippen LogP contribution in [0.3, 0.4) is 0 Å². The molecule has 0 aliphatic rings. The molecule has 1 heterocycles. The van der Waals surface area contributed by atoms with E-state index in [9.17, 15) is 4.39 Å². The minimum Gasteiger partial charge on any atom is -0.354 e. The summed E-state index contributed by atoms with van der Waals surface area (Å²) in [6.45, 7) is 2.99. The number of unbranched alkanes of at least 4 members (excludes halogenated alkanes) is 1. The highest BCUT2D eigenvalue weighted by molar-refractivity contribution is 6.05. The number of nitrogens with one attached hydrogen (secondary N) is 1. The average Bonchev–Trinajstić information content (AvgIpc) is 2.91. The summed E-state index contributed by atoms with van der Waals surface area (Å²) < 4.78 is 13.2. The Kier molecular flexibility index (Phi) is 4.33. The van der Waals surface area contributed by atoms with Crippen molar-refractivity contribution < 1.29 is 4.39 Å². The lowest BCUT2D eigenvalue weighted by Crippen LogP contribution is -1.88. The van der Waals surface area contributed by atoms with Gasteiger partial charge in [0.2, 0.25) is 0 Å². The molecule has 0 saturated carbocycles. The van der Waals surface area contributed by atoms with E-state index in [0.29, 0.717) is 0 Å². The van der Waals surface area contributed by atoms with E-state index < -0.39 is 0 Å². The number of hydrogen-bond donors (Lipinski definition) is 1. The van der Waals surface area contributed by atoms with Gasteiger partial charge in [0.05, 0.1) is 5.69 Å².